The Morgan fingerprint density at radius 3 is 2.44 bits per heavy atom. The first kappa shape index (κ1) is 24.4. The number of fused-ring (bicyclic) bond motifs is 1. The van der Waals surface area contributed by atoms with Crippen LogP contribution >= 0.6 is 12.4 Å². The van der Waals surface area contributed by atoms with Gasteiger partial charge < -0.3 is 9.47 Å². The number of hydrogen-bond acceptors (Lipinski definition) is 7. The fourth-order valence-corrected chi connectivity index (χ4v) is 4.58. The number of halogens is 1. The summed E-state index contributed by atoms with van der Waals surface area (Å²) in [6.45, 7) is 11.6. The van der Waals surface area contributed by atoms with E-state index >= 15 is 0 Å². The first-order valence-electron chi connectivity index (χ1n) is 11.7. The fourth-order valence-electron chi connectivity index (χ4n) is 4.58. The zero-order chi connectivity index (χ0) is 22.8. The van der Waals surface area contributed by atoms with E-state index in [1.807, 2.05) is 10.7 Å². The fraction of sp³-hybridized carbons (Fsp3) is 0.480. The molecule has 34 heavy (non-hydrogen) atoms. The second-order valence-electron chi connectivity index (χ2n) is 9.43. The van der Waals surface area contributed by atoms with E-state index in [2.05, 4.69) is 88.6 Å². The van der Waals surface area contributed by atoms with Gasteiger partial charge in [0.1, 0.15) is 0 Å². The third-order valence-electron chi connectivity index (χ3n) is 6.91. The molecule has 0 saturated carbocycles. The highest BCUT2D eigenvalue weighted by molar-refractivity contribution is 5.85. The molecule has 8 nitrogen and oxygen atoms in total. The second-order valence-corrected chi connectivity index (χ2v) is 9.43. The quantitative estimate of drug-likeness (QED) is 0.504. The average molecular weight is 485 g/mol. The van der Waals surface area contributed by atoms with E-state index < -0.39 is 0 Å². The van der Waals surface area contributed by atoms with Crippen molar-refractivity contribution in [3.05, 3.63) is 65.5 Å². The molecule has 1 fully saturated rings. The van der Waals surface area contributed by atoms with Crippen LogP contribution in [0.3, 0.4) is 0 Å². The topological polar surface area (TPSA) is 68.5 Å². The Hall–Kier alpha value is -2.68. The molecular formula is C25H33ClN6O2. The van der Waals surface area contributed by atoms with Crippen molar-refractivity contribution in [1.29, 1.82) is 0 Å². The molecule has 0 radical (unpaired) electrons. The number of rotatable bonds is 7. The summed E-state index contributed by atoms with van der Waals surface area (Å²) in [6.07, 6.45) is 0.954. The predicted octanol–water partition coefficient (Wildman–Crippen LogP) is 3.88. The molecule has 3 heterocycles. The molecule has 9 heteroatoms. The van der Waals surface area contributed by atoms with Crippen molar-refractivity contribution in [1.82, 2.24) is 30.0 Å². The molecule has 3 aromatic rings. The zero-order valence-electron chi connectivity index (χ0n) is 20.1. The summed E-state index contributed by atoms with van der Waals surface area (Å²) in [5, 5.41) is 13.0. The number of piperazine rings is 1. The lowest BCUT2D eigenvalue weighted by atomic mass is 9.99. The third-order valence-corrected chi connectivity index (χ3v) is 6.91. The van der Waals surface area contributed by atoms with Gasteiger partial charge in [-0.15, -0.1) is 17.5 Å². The average Bonchev–Trinajstić information content (AvgIpc) is 3.51. The summed E-state index contributed by atoms with van der Waals surface area (Å²) < 4.78 is 13.0. The van der Waals surface area contributed by atoms with Crippen LogP contribution in [0.1, 0.15) is 50.2 Å². The molecule has 5 rings (SSSR count). The first-order chi connectivity index (χ1) is 16.0. The van der Waals surface area contributed by atoms with Gasteiger partial charge in [0.15, 0.2) is 17.3 Å². The van der Waals surface area contributed by atoms with Crippen LogP contribution in [-0.4, -0.2) is 63.0 Å². The normalized spacial score (nSPS) is 17.4. The van der Waals surface area contributed by atoms with Crippen LogP contribution < -0.4 is 9.47 Å². The molecule has 1 atom stereocenters. The van der Waals surface area contributed by atoms with Crippen LogP contribution in [-0.2, 0) is 12.1 Å². The lowest BCUT2D eigenvalue weighted by molar-refractivity contribution is 0.0972. The predicted molar refractivity (Wildman–Crippen MR) is 132 cm³/mol. The Kier molecular flexibility index (Phi) is 7.40. The minimum absolute atomic E-state index is 0. The largest absolute Gasteiger partial charge is 0.454 e. The maximum Gasteiger partial charge on any atom is 0.231 e. The molecule has 2 aromatic carbocycles. The van der Waals surface area contributed by atoms with Crippen molar-refractivity contribution in [3.8, 4) is 11.5 Å². The number of ether oxygens (including phenoxy) is 2. The minimum Gasteiger partial charge on any atom is -0.454 e. The smallest absolute Gasteiger partial charge is 0.231 e. The summed E-state index contributed by atoms with van der Waals surface area (Å²) in [6, 6.07) is 16.9. The van der Waals surface area contributed by atoms with E-state index in [0.29, 0.717) is 6.79 Å². The lowest BCUT2D eigenvalue weighted by Crippen LogP contribution is -2.48. The van der Waals surface area contributed by atoms with Gasteiger partial charge in [0, 0.05) is 32.7 Å². The van der Waals surface area contributed by atoms with E-state index in [-0.39, 0.29) is 24.0 Å². The van der Waals surface area contributed by atoms with Gasteiger partial charge in [-0.2, -0.15) is 0 Å². The molecule has 1 saturated heterocycles. The highest BCUT2D eigenvalue weighted by Gasteiger charge is 2.34. The Morgan fingerprint density at radius 2 is 1.71 bits per heavy atom. The number of aromatic nitrogens is 4. The summed E-state index contributed by atoms with van der Waals surface area (Å²) in [7, 11) is 0. The Balaban J connectivity index is 0.00000274. The van der Waals surface area contributed by atoms with Gasteiger partial charge in [-0.05, 0) is 54.0 Å². The van der Waals surface area contributed by atoms with E-state index in [9.17, 15) is 0 Å². The maximum absolute atomic E-state index is 5.54. The molecule has 2 aliphatic heterocycles. The molecule has 0 bridgehead atoms. The van der Waals surface area contributed by atoms with Crippen molar-refractivity contribution in [2.75, 3.05) is 33.0 Å². The highest BCUT2D eigenvalue weighted by Crippen LogP contribution is 2.34. The third kappa shape index (κ3) is 4.89. The van der Waals surface area contributed by atoms with E-state index in [1.54, 1.807) is 0 Å². The van der Waals surface area contributed by atoms with Gasteiger partial charge in [0.2, 0.25) is 6.79 Å². The first-order valence-corrected chi connectivity index (χ1v) is 11.7. The van der Waals surface area contributed by atoms with Crippen LogP contribution in [0.2, 0.25) is 0 Å². The molecule has 1 aromatic heterocycles. The maximum atomic E-state index is 5.54. The van der Waals surface area contributed by atoms with Crippen LogP contribution in [0.5, 0.6) is 11.5 Å². The van der Waals surface area contributed by atoms with Crippen LogP contribution in [0.25, 0.3) is 0 Å². The van der Waals surface area contributed by atoms with Crippen LogP contribution in [0, 0.1) is 0 Å². The molecule has 0 spiro atoms. The number of nitrogens with zero attached hydrogens (tertiary/aromatic N) is 6. The van der Waals surface area contributed by atoms with Crippen molar-refractivity contribution in [3.63, 3.8) is 0 Å². The van der Waals surface area contributed by atoms with E-state index in [1.165, 1.54) is 11.1 Å². The van der Waals surface area contributed by atoms with Gasteiger partial charge in [-0.25, -0.2) is 4.68 Å². The Bertz CT molecular complexity index is 1080. The summed E-state index contributed by atoms with van der Waals surface area (Å²) in [5.41, 5.74) is 2.33. The van der Waals surface area contributed by atoms with Crippen molar-refractivity contribution < 1.29 is 9.47 Å². The summed E-state index contributed by atoms with van der Waals surface area (Å²) >= 11 is 0. The van der Waals surface area contributed by atoms with Gasteiger partial charge in [-0.1, -0.05) is 43.3 Å². The molecular weight excluding hydrogens is 452 g/mol. The van der Waals surface area contributed by atoms with E-state index in [0.717, 1.165) is 56.5 Å². The molecule has 182 valence electrons. The molecule has 1 unspecified atom stereocenters. The number of tetrazole rings is 1. The van der Waals surface area contributed by atoms with Crippen molar-refractivity contribution in [2.45, 2.75) is 45.3 Å². The zero-order valence-corrected chi connectivity index (χ0v) is 20.9. The monoisotopic (exact) mass is 484 g/mol. The standard InChI is InChI=1S/C25H32N6O2.ClH/c1-4-25(2,3)31-24(26-27-28-31)23(20-8-6-5-7-9-20)30-14-12-29(13-15-30)17-19-10-11-21-22(16-19)33-18-32-21;/h5-11,16,23H,4,12-15,17-18H2,1-3H3;1H. The Labute approximate surface area is 207 Å². The Morgan fingerprint density at radius 1 is 0.971 bits per heavy atom. The van der Waals surface area contributed by atoms with Crippen LogP contribution in [0.4, 0.5) is 0 Å². The summed E-state index contributed by atoms with van der Waals surface area (Å²) in [4.78, 5) is 5.01. The van der Waals surface area contributed by atoms with Gasteiger partial charge >= 0.3 is 0 Å². The molecule has 0 N–H and O–H groups in total. The second kappa shape index (κ2) is 10.3. The minimum atomic E-state index is -0.146. The van der Waals surface area contributed by atoms with Gasteiger partial charge in [0.25, 0.3) is 0 Å². The van der Waals surface area contributed by atoms with Gasteiger partial charge in [0.05, 0.1) is 11.6 Å². The lowest BCUT2D eigenvalue weighted by Gasteiger charge is -2.39. The SMILES string of the molecule is CCC(C)(C)n1nnnc1C(c1ccccc1)N1CCN(Cc2ccc3c(c2)OCO3)CC1.Cl. The van der Waals surface area contributed by atoms with Crippen molar-refractivity contribution in [2.24, 2.45) is 0 Å². The highest BCUT2D eigenvalue weighted by atomic mass is 35.5. The van der Waals surface area contributed by atoms with E-state index in [4.69, 9.17) is 9.47 Å². The summed E-state index contributed by atoms with van der Waals surface area (Å²) in [5.74, 6) is 2.60. The van der Waals surface area contributed by atoms with Crippen LogP contribution in [0.15, 0.2) is 48.5 Å². The van der Waals surface area contributed by atoms with Gasteiger partial charge in [-0.3, -0.25) is 9.80 Å². The molecule has 0 amide bonds. The van der Waals surface area contributed by atoms with Crippen molar-refractivity contribution >= 4 is 12.4 Å². The number of benzene rings is 2. The molecule has 2 aliphatic rings. The molecule has 0 aliphatic carbocycles. The number of hydrogen-bond donors (Lipinski definition) is 0.